The second kappa shape index (κ2) is 8.27. The average molecular weight is 436 g/mol. The largest absolute Gasteiger partial charge is 0.477 e. The van der Waals surface area contributed by atoms with E-state index in [1.165, 1.54) is 22.8 Å². The number of pyridine rings is 1. The molecule has 0 amide bonds. The van der Waals surface area contributed by atoms with Gasteiger partial charge >= 0.3 is 5.97 Å². The molecular weight excluding hydrogens is 420 g/mol. The molecule has 0 saturated carbocycles. The van der Waals surface area contributed by atoms with Gasteiger partial charge in [-0.1, -0.05) is 35.3 Å². The van der Waals surface area contributed by atoms with Crippen molar-refractivity contribution in [1.82, 2.24) is 4.57 Å². The zero-order valence-corrected chi connectivity index (χ0v) is 17.0. The first-order valence-electron chi connectivity index (χ1n) is 8.63. The van der Waals surface area contributed by atoms with Crippen LogP contribution >= 0.6 is 23.2 Å². The predicted octanol–water partition coefficient (Wildman–Crippen LogP) is 5.78. The van der Waals surface area contributed by atoms with Gasteiger partial charge in [0, 0.05) is 24.2 Å². The lowest BCUT2D eigenvalue weighted by molar-refractivity contribution is 0.0695. The number of halogens is 3. The summed E-state index contributed by atoms with van der Waals surface area (Å²) in [5.41, 5.74) is -0.216. The van der Waals surface area contributed by atoms with E-state index in [9.17, 15) is 19.1 Å². The van der Waals surface area contributed by atoms with Gasteiger partial charge in [-0.05, 0) is 37.6 Å². The third-order valence-electron chi connectivity index (χ3n) is 4.36. The fraction of sp³-hybridized carbons (Fsp3) is 0.143. The molecule has 3 aromatic rings. The summed E-state index contributed by atoms with van der Waals surface area (Å²) in [5, 5.41) is 10.1. The minimum atomic E-state index is -1.38. The monoisotopic (exact) mass is 435 g/mol. The van der Waals surface area contributed by atoms with E-state index in [2.05, 4.69) is 0 Å². The zero-order valence-electron chi connectivity index (χ0n) is 15.5. The van der Waals surface area contributed by atoms with Crippen molar-refractivity contribution in [1.29, 1.82) is 0 Å². The summed E-state index contributed by atoms with van der Waals surface area (Å²) in [4.78, 5) is 24.4. The summed E-state index contributed by atoms with van der Waals surface area (Å²) >= 11 is 12.1. The summed E-state index contributed by atoms with van der Waals surface area (Å²) in [5.74, 6) is -1.59. The average Bonchev–Trinajstić information content (AvgIpc) is 2.66. The van der Waals surface area contributed by atoms with Crippen molar-refractivity contribution < 1.29 is 19.0 Å². The maximum absolute atomic E-state index is 13.9. The number of rotatable bonds is 5. The van der Waals surface area contributed by atoms with Gasteiger partial charge in [0.05, 0.1) is 15.7 Å². The first-order chi connectivity index (χ1) is 13.7. The third-order valence-corrected chi connectivity index (χ3v) is 5.10. The zero-order chi connectivity index (χ0) is 21.3. The Balaban J connectivity index is 2.27. The van der Waals surface area contributed by atoms with E-state index in [0.29, 0.717) is 16.1 Å². The quantitative estimate of drug-likeness (QED) is 0.551. The Morgan fingerprint density at radius 1 is 1.14 bits per heavy atom. The molecule has 1 N–H and O–H groups in total. The SMILES string of the molecule is CCn1c(Oc2ccc(C)c(F)c2)cc(=O)c(C(=O)O)c1-c1ccc(Cl)c(Cl)c1. The van der Waals surface area contributed by atoms with E-state index >= 15 is 0 Å². The molecule has 5 nitrogen and oxygen atoms in total. The van der Waals surface area contributed by atoms with Crippen molar-refractivity contribution in [2.45, 2.75) is 20.4 Å². The Morgan fingerprint density at radius 3 is 2.45 bits per heavy atom. The lowest BCUT2D eigenvalue weighted by Crippen LogP contribution is -2.21. The number of ether oxygens (including phenoxy) is 1. The number of aromatic carboxylic acids is 1. The summed E-state index contributed by atoms with van der Waals surface area (Å²) in [6.45, 7) is 3.66. The minimum Gasteiger partial charge on any atom is -0.477 e. The lowest BCUT2D eigenvalue weighted by atomic mass is 10.0. The Hall–Kier alpha value is -2.83. The summed E-state index contributed by atoms with van der Waals surface area (Å²) in [6.07, 6.45) is 0. The number of aryl methyl sites for hydroxylation is 1. The maximum atomic E-state index is 13.9. The highest BCUT2D eigenvalue weighted by Crippen LogP contribution is 2.33. The third kappa shape index (κ3) is 4.13. The van der Waals surface area contributed by atoms with Gasteiger partial charge in [-0.2, -0.15) is 0 Å². The summed E-state index contributed by atoms with van der Waals surface area (Å²) in [7, 11) is 0. The normalized spacial score (nSPS) is 10.8. The van der Waals surface area contributed by atoms with E-state index in [1.54, 1.807) is 32.0 Å². The van der Waals surface area contributed by atoms with Gasteiger partial charge in [-0.25, -0.2) is 9.18 Å². The fourth-order valence-corrected chi connectivity index (χ4v) is 3.23. The van der Waals surface area contributed by atoms with Gasteiger partial charge < -0.3 is 14.4 Å². The molecule has 0 fully saturated rings. The van der Waals surface area contributed by atoms with Crippen molar-refractivity contribution in [2.75, 3.05) is 0 Å². The van der Waals surface area contributed by atoms with Crippen molar-refractivity contribution in [2.24, 2.45) is 0 Å². The van der Waals surface area contributed by atoms with Gasteiger partial charge in [0.15, 0.2) is 0 Å². The molecule has 0 aliphatic rings. The molecule has 0 aliphatic heterocycles. The van der Waals surface area contributed by atoms with Gasteiger partial charge in [0.1, 0.15) is 17.1 Å². The molecular formula is C21H16Cl2FNO4. The van der Waals surface area contributed by atoms with Crippen LogP contribution in [0.1, 0.15) is 22.8 Å². The Bertz CT molecular complexity index is 1170. The van der Waals surface area contributed by atoms with Crippen LogP contribution in [0.25, 0.3) is 11.3 Å². The highest BCUT2D eigenvalue weighted by atomic mass is 35.5. The van der Waals surface area contributed by atoms with E-state index in [-0.39, 0.29) is 28.9 Å². The molecule has 0 unspecified atom stereocenters. The standard InChI is InChI=1S/C21H16Cl2FNO4/c1-3-25-18(29-13-6-4-11(2)16(24)9-13)10-17(26)19(21(27)28)20(25)12-5-7-14(22)15(23)8-12/h4-10H,3H2,1-2H3,(H,27,28). The van der Waals surface area contributed by atoms with E-state index in [4.69, 9.17) is 27.9 Å². The van der Waals surface area contributed by atoms with Crippen LogP contribution in [0.2, 0.25) is 10.0 Å². The second-order valence-electron chi connectivity index (χ2n) is 6.26. The first kappa shape index (κ1) is 20.9. The van der Waals surface area contributed by atoms with Gasteiger partial charge in [-0.15, -0.1) is 0 Å². The number of carboxylic acids is 1. The lowest BCUT2D eigenvalue weighted by Gasteiger charge is -2.20. The van der Waals surface area contributed by atoms with Crippen molar-refractivity contribution in [3.63, 3.8) is 0 Å². The molecule has 2 aromatic carbocycles. The van der Waals surface area contributed by atoms with Crippen LogP contribution in [0.3, 0.4) is 0 Å². The van der Waals surface area contributed by atoms with E-state index in [1.807, 2.05) is 0 Å². The highest BCUT2D eigenvalue weighted by Gasteiger charge is 2.23. The topological polar surface area (TPSA) is 68.5 Å². The first-order valence-corrected chi connectivity index (χ1v) is 9.39. The van der Waals surface area contributed by atoms with Crippen LogP contribution in [0.5, 0.6) is 11.6 Å². The number of carbonyl (C=O) groups is 1. The van der Waals surface area contributed by atoms with Crippen LogP contribution in [0, 0.1) is 12.7 Å². The number of hydrogen-bond donors (Lipinski definition) is 1. The molecule has 1 heterocycles. The molecule has 0 spiro atoms. The van der Waals surface area contributed by atoms with Gasteiger partial charge in [0.25, 0.3) is 0 Å². The number of hydrogen-bond acceptors (Lipinski definition) is 3. The maximum Gasteiger partial charge on any atom is 0.341 e. The smallest absolute Gasteiger partial charge is 0.341 e. The van der Waals surface area contributed by atoms with E-state index in [0.717, 1.165) is 6.07 Å². The molecule has 8 heteroatoms. The summed E-state index contributed by atoms with van der Waals surface area (Å²) in [6, 6.07) is 9.94. The van der Waals surface area contributed by atoms with Crippen molar-refractivity contribution in [3.05, 3.63) is 79.7 Å². The Morgan fingerprint density at radius 2 is 1.86 bits per heavy atom. The Labute approximate surface area is 175 Å². The molecule has 0 saturated heterocycles. The highest BCUT2D eigenvalue weighted by molar-refractivity contribution is 6.42. The number of carboxylic acid groups (broad SMARTS) is 1. The molecule has 0 atom stereocenters. The van der Waals surface area contributed by atoms with Crippen LogP contribution in [0.4, 0.5) is 4.39 Å². The molecule has 0 bridgehead atoms. The Kier molecular flexibility index (Phi) is 5.96. The molecule has 150 valence electrons. The minimum absolute atomic E-state index is 0.0758. The molecule has 0 radical (unpaired) electrons. The van der Waals surface area contributed by atoms with Crippen LogP contribution in [-0.4, -0.2) is 15.6 Å². The molecule has 29 heavy (non-hydrogen) atoms. The van der Waals surface area contributed by atoms with Crippen LogP contribution < -0.4 is 10.2 Å². The van der Waals surface area contributed by atoms with Crippen LogP contribution in [-0.2, 0) is 6.54 Å². The van der Waals surface area contributed by atoms with Crippen molar-refractivity contribution in [3.8, 4) is 22.9 Å². The number of benzene rings is 2. The van der Waals surface area contributed by atoms with E-state index < -0.39 is 22.8 Å². The summed E-state index contributed by atoms with van der Waals surface area (Å²) < 4.78 is 21.1. The predicted molar refractivity (Wildman–Crippen MR) is 110 cm³/mol. The number of nitrogens with zero attached hydrogens (tertiary/aromatic N) is 1. The second-order valence-corrected chi connectivity index (χ2v) is 7.08. The van der Waals surface area contributed by atoms with Crippen LogP contribution in [0.15, 0.2) is 47.3 Å². The molecule has 3 rings (SSSR count). The fourth-order valence-electron chi connectivity index (χ4n) is 2.93. The number of aromatic nitrogens is 1. The molecule has 0 aliphatic carbocycles. The molecule has 1 aromatic heterocycles. The van der Waals surface area contributed by atoms with Crippen molar-refractivity contribution >= 4 is 29.2 Å². The van der Waals surface area contributed by atoms with Gasteiger partial charge in [-0.3, -0.25) is 4.79 Å². The van der Waals surface area contributed by atoms with Gasteiger partial charge in [0.2, 0.25) is 11.3 Å².